The van der Waals surface area contributed by atoms with Gasteiger partial charge in [-0.3, -0.25) is 10.1 Å². The van der Waals surface area contributed by atoms with Gasteiger partial charge in [0.25, 0.3) is 5.69 Å². The molecule has 0 amide bonds. The maximum atomic E-state index is 10.9. The molecule has 0 unspecified atom stereocenters. The second kappa shape index (κ2) is 7.88. The van der Waals surface area contributed by atoms with Crippen molar-refractivity contribution in [1.82, 2.24) is 4.90 Å². The molecular formula is C17H23N3O3S. The molecule has 130 valence electrons. The standard InChI is InChI=1S/C17H23N3O3S/c1-23-16-11-14(20(21)22)7-8-15(16)18-17-19(9-10-24-17)12-13-5-3-2-4-6-13/h7-8,11,13H,2-6,9-10,12H2,1H3/b18-17-. The van der Waals surface area contributed by atoms with Crippen LogP contribution in [0.25, 0.3) is 0 Å². The number of rotatable bonds is 5. The molecule has 6 nitrogen and oxygen atoms in total. The fourth-order valence-electron chi connectivity index (χ4n) is 3.36. The Balaban J connectivity index is 1.77. The second-order valence-electron chi connectivity index (χ2n) is 6.31. The lowest BCUT2D eigenvalue weighted by Crippen LogP contribution is -2.31. The number of nitrogens with zero attached hydrogens (tertiary/aromatic N) is 3. The number of nitro benzene ring substituents is 1. The van der Waals surface area contributed by atoms with E-state index in [-0.39, 0.29) is 5.69 Å². The monoisotopic (exact) mass is 349 g/mol. The van der Waals surface area contributed by atoms with Crippen molar-refractivity contribution in [2.24, 2.45) is 10.9 Å². The Morgan fingerprint density at radius 2 is 2.17 bits per heavy atom. The van der Waals surface area contributed by atoms with Gasteiger partial charge in [-0.05, 0) is 24.8 Å². The van der Waals surface area contributed by atoms with Crippen LogP contribution in [-0.2, 0) is 0 Å². The van der Waals surface area contributed by atoms with Crippen LogP contribution in [0.2, 0.25) is 0 Å². The molecule has 0 N–H and O–H groups in total. The first-order valence-electron chi connectivity index (χ1n) is 8.46. The highest BCUT2D eigenvalue weighted by Gasteiger charge is 2.24. The molecule has 2 fully saturated rings. The minimum Gasteiger partial charge on any atom is -0.494 e. The molecule has 0 bridgehead atoms. The van der Waals surface area contributed by atoms with Crippen LogP contribution >= 0.6 is 11.8 Å². The topological polar surface area (TPSA) is 68.0 Å². The molecule has 1 aliphatic heterocycles. The van der Waals surface area contributed by atoms with Gasteiger partial charge in [0.1, 0.15) is 5.69 Å². The number of amidine groups is 1. The molecule has 1 aromatic carbocycles. The first-order chi connectivity index (χ1) is 11.7. The third-order valence-electron chi connectivity index (χ3n) is 4.66. The molecule has 0 spiro atoms. The fourth-order valence-corrected chi connectivity index (χ4v) is 4.37. The second-order valence-corrected chi connectivity index (χ2v) is 7.37. The van der Waals surface area contributed by atoms with Crippen molar-refractivity contribution in [3.63, 3.8) is 0 Å². The number of hydrogen-bond acceptors (Lipinski definition) is 5. The van der Waals surface area contributed by atoms with Crippen LogP contribution in [0.5, 0.6) is 5.75 Å². The third kappa shape index (κ3) is 4.01. The average Bonchev–Trinajstić information content (AvgIpc) is 3.02. The summed E-state index contributed by atoms with van der Waals surface area (Å²) in [5.74, 6) is 2.25. The Hall–Kier alpha value is -1.76. The SMILES string of the molecule is COc1cc([N+](=O)[O-])ccc1/N=C1\SCCN1CC1CCCCC1. The minimum absolute atomic E-state index is 0.0222. The lowest BCUT2D eigenvalue weighted by Gasteiger charge is -2.27. The first-order valence-corrected chi connectivity index (χ1v) is 9.45. The minimum atomic E-state index is -0.418. The molecule has 0 radical (unpaired) electrons. The maximum Gasteiger partial charge on any atom is 0.273 e. The van der Waals surface area contributed by atoms with Gasteiger partial charge in [-0.15, -0.1) is 0 Å². The number of non-ortho nitro benzene ring substituents is 1. The van der Waals surface area contributed by atoms with Crippen molar-refractivity contribution in [2.75, 3.05) is 26.0 Å². The van der Waals surface area contributed by atoms with Crippen LogP contribution < -0.4 is 4.74 Å². The molecule has 2 aliphatic rings. The van der Waals surface area contributed by atoms with Gasteiger partial charge in [-0.25, -0.2) is 4.99 Å². The molecule has 7 heteroatoms. The van der Waals surface area contributed by atoms with Crippen LogP contribution in [0.3, 0.4) is 0 Å². The fraction of sp³-hybridized carbons (Fsp3) is 0.588. The summed E-state index contributed by atoms with van der Waals surface area (Å²) in [4.78, 5) is 17.6. The highest BCUT2D eigenvalue weighted by molar-refractivity contribution is 8.14. The van der Waals surface area contributed by atoms with E-state index in [0.29, 0.717) is 11.4 Å². The maximum absolute atomic E-state index is 10.9. The van der Waals surface area contributed by atoms with Crippen LogP contribution in [0.1, 0.15) is 32.1 Å². The summed E-state index contributed by atoms with van der Waals surface area (Å²) in [6.45, 7) is 2.09. The van der Waals surface area contributed by atoms with Crippen LogP contribution in [0.4, 0.5) is 11.4 Å². The van der Waals surface area contributed by atoms with Gasteiger partial charge < -0.3 is 9.64 Å². The number of nitro groups is 1. The van der Waals surface area contributed by atoms with Crippen molar-refractivity contribution >= 4 is 28.3 Å². The molecule has 0 atom stereocenters. The molecule has 24 heavy (non-hydrogen) atoms. The summed E-state index contributed by atoms with van der Waals surface area (Å²) < 4.78 is 5.29. The zero-order chi connectivity index (χ0) is 16.9. The van der Waals surface area contributed by atoms with E-state index in [1.807, 2.05) is 0 Å². The summed E-state index contributed by atoms with van der Waals surface area (Å²) in [6, 6.07) is 4.58. The van der Waals surface area contributed by atoms with Crippen molar-refractivity contribution < 1.29 is 9.66 Å². The molecular weight excluding hydrogens is 326 g/mol. The van der Waals surface area contributed by atoms with Gasteiger partial charge in [0, 0.05) is 24.9 Å². The summed E-state index contributed by atoms with van der Waals surface area (Å²) >= 11 is 1.75. The Labute approximate surface area is 146 Å². The van der Waals surface area contributed by atoms with E-state index in [9.17, 15) is 10.1 Å². The number of thioether (sulfide) groups is 1. The van der Waals surface area contributed by atoms with Crippen LogP contribution in [0.15, 0.2) is 23.2 Å². The Morgan fingerprint density at radius 1 is 1.38 bits per heavy atom. The Morgan fingerprint density at radius 3 is 2.88 bits per heavy atom. The third-order valence-corrected chi connectivity index (χ3v) is 5.65. The van der Waals surface area contributed by atoms with E-state index in [4.69, 9.17) is 9.73 Å². The van der Waals surface area contributed by atoms with Crippen molar-refractivity contribution in [1.29, 1.82) is 0 Å². The first kappa shape index (κ1) is 17.1. The normalized spacial score (nSPS) is 20.5. The number of methoxy groups -OCH3 is 1. The average molecular weight is 349 g/mol. The van der Waals surface area contributed by atoms with Crippen LogP contribution in [0, 0.1) is 16.0 Å². The molecule has 1 heterocycles. The lowest BCUT2D eigenvalue weighted by atomic mass is 9.89. The van der Waals surface area contributed by atoms with Gasteiger partial charge in [0.2, 0.25) is 0 Å². The van der Waals surface area contributed by atoms with E-state index in [1.165, 1.54) is 51.3 Å². The molecule has 1 saturated heterocycles. The van der Waals surface area contributed by atoms with E-state index in [0.717, 1.165) is 29.9 Å². The number of aliphatic imine (C=N–C) groups is 1. The van der Waals surface area contributed by atoms with E-state index in [1.54, 1.807) is 17.8 Å². The highest BCUT2D eigenvalue weighted by Crippen LogP contribution is 2.34. The van der Waals surface area contributed by atoms with Crippen molar-refractivity contribution in [3.05, 3.63) is 28.3 Å². The highest BCUT2D eigenvalue weighted by atomic mass is 32.2. The largest absolute Gasteiger partial charge is 0.494 e. The number of hydrogen-bond donors (Lipinski definition) is 0. The van der Waals surface area contributed by atoms with Gasteiger partial charge in [0.15, 0.2) is 10.9 Å². The quantitative estimate of drug-likeness (QED) is 0.588. The summed E-state index contributed by atoms with van der Waals surface area (Å²) in [5, 5.41) is 11.9. The number of ether oxygens (including phenoxy) is 1. The Bertz CT molecular complexity index is 630. The van der Waals surface area contributed by atoms with Crippen molar-refractivity contribution in [2.45, 2.75) is 32.1 Å². The van der Waals surface area contributed by atoms with E-state index >= 15 is 0 Å². The van der Waals surface area contributed by atoms with Gasteiger partial charge >= 0.3 is 0 Å². The summed E-state index contributed by atoms with van der Waals surface area (Å²) in [6.07, 6.45) is 6.68. The summed E-state index contributed by atoms with van der Waals surface area (Å²) in [7, 11) is 1.52. The molecule has 1 saturated carbocycles. The van der Waals surface area contributed by atoms with E-state index < -0.39 is 4.92 Å². The van der Waals surface area contributed by atoms with E-state index in [2.05, 4.69) is 4.90 Å². The molecule has 1 aromatic rings. The number of benzene rings is 1. The predicted molar refractivity (Wildman–Crippen MR) is 97.3 cm³/mol. The van der Waals surface area contributed by atoms with Gasteiger partial charge in [-0.1, -0.05) is 31.0 Å². The lowest BCUT2D eigenvalue weighted by molar-refractivity contribution is -0.384. The van der Waals surface area contributed by atoms with Gasteiger partial charge in [-0.2, -0.15) is 0 Å². The summed E-state index contributed by atoms with van der Waals surface area (Å²) in [5.41, 5.74) is 0.676. The zero-order valence-corrected chi connectivity index (χ0v) is 14.8. The zero-order valence-electron chi connectivity index (χ0n) is 13.9. The Kier molecular flexibility index (Phi) is 5.60. The van der Waals surface area contributed by atoms with Crippen molar-refractivity contribution in [3.8, 4) is 5.75 Å². The molecule has 3 rings (SSSR count). The predicted octanol–water partition coefficient (Wildman–Crippen LogP) is 4.22. The van der Waals surface area contributed by atoms with Crippen LogP contribution in [-0.4, -0.2) is 40.9 Å². The van der Waals surface area contributed by atoms with Gasteiger partial charge in [0.05, 0.1) is 18.1 Å². The molecule has 0 aromatic heterocycles. The molecule has 1 aliphatic carbocycles. The smallest absolute Gasteiger partial charge is 0.273 e.